The number of nitrogens with one attached hydrogen (secondary N) is 1. The van der Waals surface area contributed by atoms with Crippen molar-refractivity contribution in [2.24, 2.45) is 11.7 Å². The first kappa shape index (κ1) is 19.8. The number of nitrogens with two attached hydrogens (primary N) is 1. The number of aliphatic hydroxyl groups is 1. The van der Waals surface area contributed by atoms with Gasteiger partial charge in [0.1, 0.15) is 11.6 Å². The molecule has 1 aromatic rings. The summed E-state index contributed by atoms with van der Waals surface area (Å²) in [5.74, 6) is -3.07. The number of carbonyl (C=O) groups excluding carboxylic acids is 2. The molecule has 2 heterocycles. The Kier molecular flexibility index (Phi) is 6.23. The lowest BCUT2D eigenvalue weighted by molar-refractivity contribution is -0.161. The van der Waals surface area contributed by atoms with E-state index in [4.69, 9.17) is 10.5 Å². The maximum absolute atomic E-state index is 12.6. The molecule has 0 bridgehead atoms. The molecule has 0 radical (unpaired) electrons. The molecule has 0 fully saturated rings. The summed E-state index contributed by atoms with van der Waals surface area (Å²) in [6.45, 7) is 3.24. The molecule has 9 heteroatoms. The summed E-state index contributed by atoms with van der Waals surface area (Å²) in [4.78, 5) is 27.7. The van der Waals surface area contributed by atoms with Gasteiger partial charge >= 0.3 is 5.97 Å². The van der Waals surface area contributed by atoms with E-state index in [2.05, 4.69) is 16.4 Å². The topological polar surface area (TPSA) is 138 Å². The van der Waals surface area contributed by atoms with Gasteiger partial charge in [0.15, 0.2) is 0 Å². The maximum atomic E-state index is 12.6. The van der Waals surface area contributed by atoms with Crippen molar-refractivity contribution in [2.75, 3.05) is 12.4 Å². The molecular formula is C17H20N4O4S. The van der Waals surface area contributed by atoms with Crippen molar-refractivity contribution < 1.29 is 19.4 Å². The van der Waals surface area contributed by atoms with Crippen molar-refractivity contribution in [3.63, 3.8) is 0 Å². The number of amides is 1. The quantitative estimate of drug-likeness (QED) is 0.614. The molecule has 1 aliphatic rings. The highest BCUT2D eigenvalue weighted by Gasteiger charge is 2.50. The van der Waals surface area contributed by atoms with Gasteiger partial charge in [-0.05, 0) is 31.5 Å². The lowest BCUT2D eigenvalue weighted by Gasteiger charge is -2.42. The molecular weight excluding hydrogens is 356 g/mol. The van der Waals surface area contributed by atoms with Gasteiger partial charge in [0.25, 0.3) is 0 Å². The van der Waals surface area contributed by atoms with Crippen molar-refractivity contribution in [1.29, 1.82) is 5.26 Å². The van der Waals surface area contributed by atoms with Crippen LogP contribution in [0.4, 0.5) is 0 Å². The van der Waals surface area contributed by atoms with Crippen LogP contribution in [0, 0.1) is 17.2 Å². The summed E-state index contributed by atoms with van der Waals surface area (Å²) in [5, 5.41) is 23.7. The number of nitriles is 1. The van der Waals surface area contributed by atoms with Crippen LogP contribution >= 0.6 is 11.8 Å². The van der Waals surface area contributed by atoms with Crippen LogP contribution in [0.3, 0.4) is 0 Å². The Morgan fingerprint density at radius 3 is 2.69 bits per heavy atom. The van der Waals surface area contributed by atoms with Crippen LogP contribution < -0.4 is 11.1 Å². The average molecular weight is 376 g/mol. The van der Waals surface area contributed by atoms with Crippen molar-refractivity contribution in [3.8, 4) is 6.07 Å². The van der Waals surface area contributed by atoms with Gasteiger partial charge in [-0.1, -0.05) is 11.8 Å². The van der Waals surface area contributed by atoms with E-state index in [1.165, 1.54) is 6.92 Å². The second-order valence-corrected chi connectivity index (χ2v) is 6.86. The smallest absolute Gasteiger partial charge is 0.314 e. The zero-order chi connectivity index (χ0) is 19.3. The predicted molar refractivity (Wildman–Crippen MR) is 95.2 cm³/mol. The van der Waals surface area contributed by atoms with Gasteiger partial charge in [0.05, 0.1) is 29.0 Å². The van der Waals surface area contributed by atoms with E-state index in [1.54, 1.807) is 31.5 Å². The average Bonchev–Trinajstić information content (AvgIpc) is 2.59. The van der Waals surface area contributed by atoms with Gasteiger partial charge < -0.3 is 20.9 Å². The number of esters is 1. The molecule has 26 heavy (non-hydrogen) atoms. The predicted octanol–water partition coefficient (Wildman–Crippen LogP) is 0.610. The molecule has 0 aromatic carbocycles. The monoisotopic (exact) mass is 376 g/mol. The molecule has 0 spiro atoms. The van der Waals surface area contributed by atoms with E-state index in [1.807, 2.05) is 0 Å². The molecule has 4 N–H and O–H groups in total. The summed E-state index contributed by atoms with van der Waals surface area (Å²) in [5.41, 5.74) is 4.35. The largest absolute Gasteiger partial charge is 0.466 e. The molecule has 0 saturated carbocycles. The van der Waals surface area contributed by atoms with Gasteiger partial charge in [-0.15, -0.1) is 0 Å². The summed E-state index contributed by atoms with van der Waals surface area (Å²) < 4.78 is 5.13. The van der Waals surface area contributed by atoms with Crippen LogP contribution in [-0.2, 0) is 14.3 Å². The standard InChI is InChI=1S/C17H20N4O4S/c1-3-25-16(23)14-13(10-4-6-20-7-5-10)11(8-18)15(21-17(14,2)24)26-9-12(19)22/h4-7,13-14,21,24H,3,9H2,1-2H3,(H2,19,22)/t13-,14+,17+/m1/s1. The molecule has 0 saturated heterocycles. The molecule has 1 aliphatic heterocycles. The van der Waals surface area contributed by atoms with Gasteiger partial charge in [-0.25, -0.2) is 0 Å². The second kappa shape index (κ2) is 8.21. The summed E-state index contributed by atoms with van der Waals surface area (Å²) in [7, 11) is 0. The molecule has 1 amide bonds. The van der Waals surface area contributed by atoms with E-state index >= 15 is 0 Å². The Bertz CT molecular complexity index is 758. The number of nitrogens with zero attached hydrogens (tertiary/aromatic N) is 2. The van der Waals surface area contributed by atoms with Gasteiger partial charge in [-0.2, -0.15) is 5.26 Å². The fourth-order valence-electron chi connectivity index (χ4n) is 2.91. The Morgan fingerprint density at radius 1 is 1.50 bits per heavy atom. The number of aromatic nitrogens is 1. The van der Waals surface area contributed by atoms with Crippen LogP contribution in [0.15, 0.2) is 35.1 Å². The van der Waals surface area contributed by atoms with E-state index in [9.17, 15) is 20.0 Å². The zero-order valence-corrected chi connectivity index (χ0v) is 15.2. The van der Waals surface area contributed by atoms with Crippen LogP contribution in [0.1, 0.15) is 25.3 Å². The Balaban J connectivity index is 2.60. The number of primary amides is 1. The fourth-order valence-corrected chi connectivity index (χ4v) is 3.81. The molecule has 0 aliphatic carbocycles. The third-order valence-corrected chi connectivity index (χ3v) is 4.99. The van der Waals surface area contributed by atoms with E-state index in [0.717, 1.165) is 11.8 Å². The van der Waals surface area contributed by atoms with Crippen LogP contribution in [-0.4, -0.2) is 40.1 Å². The first-order valence-electron chi connectivity index (χ1n) is 7.94. The van der Waals surface area contributed by atoms with Crippen molar-refractivity contribution in [1.82, 2.24) is 10.3 Å². The zero-order valence-electron chi connectivity index (χ0n) is 14.4. The Morgan fingerprint density at radius 2 is 2.15 bits per heavy atom. The van der Waals surface area contributed by atoms with E-state index < -0.39 is 29.4 Å². The van der Waals surface area contributed by atoms with Gasteiger partial charge in [0.2, 0.25) is 5.91 Å². The number of thioether (sulfide) groups is 1. The minimum atomic E-state index is -1.69. The first-order chi connectivity index (χ1) is 12.3. The Hall–Kier alpha value is -2.57. The van der Waals surface area contributed by atoms with Crippen LogP contribution in [0.5, 0.6) is 0 Å². The minimum Gasteiger partial charge on any atom is -0.466 e. The lowest BCUT2D eigenvalue weighted by Crippen LogP contribution is -2.57. The van der Waals surface area contributed by atoms with Crippen LogP contribution in [0.2, 0.25) is 0 Å². The normalized spacial score (nSPS) is 25.2. The number of hydrogen-bond donors (Lipinski definition) is 3. The highest BCUT2D eigenvalue weighted by Crippen LogP contribution is 2.44. The third-order valence-electron chi connectivity index (χ3n) is 3.95. The number of hydrogen-bond acceptors (Lipinski definition) is 8. The molecule has 8 nitrogen and oxygen atoms in total. The highest BCUT2D eigenvalue weighted by molar-refractivity contribution is 8.03. The lowest BCUT2D eigenvalue weighted by atomic mass is 9.74. The molecule has 138 valence electrons. The number of ether oxygens (including phenoxy) is 1. The number of rotatable bonds is 6. The SMILES string of the molecule is CCOC(=O)[C@@H]1[C@H](c2ccncc2)C(C#N)=C(SCC(N)=O)N[C@@]1(C)O. The van der Waals surface area contributed by atoms with E-state index in [0.29, 0.717) is 10.6 Å². The maximum Gasteiger partial charge on any atom is 0.314 e. The Labute approximate surface area is 155 Å². The highest BCUT2D eigenvalue weighted by atomic mass is 32.2. The summed E-state index contributed by atoms with van der Waals surface area (Å²) in [6.07, 6.45) is 3.08. The molecule has 2 rings (SSSR count). The van der Waals surface area contributed by atoms with Crippen molar-refractivity contribution in [2.45, 2.75) is 25.5 Å². The molecule has 3 atom stereocenters. The number of allylic oxidation sites excluding steroid dienone is 1. The fraction of sp³-hybridized carbons (Fsp3) is 0.412. The van der Waals surface area contributed by atoms with Gasteiger partial charge in [0, 0.05) is 18.3 Å². The molecule has 0 unspecified atom stereocenters. The van der Waals surface area contributed by atoms with Crippen LogP contribution in [0.25, 0.3) is 0 Å². The number of carbonyl (C=O) groups is 2. The van der Waals surface area contributed by atoms with Crippen molar-refractivity contribution in [3.05, 3.63) is 40.7 Å². The second-order valence-electron chi connectivity index (χ2n) is 5.87. The summed E-state index contributed by atoms with van der Waals surface area (Å²) >= 11 is 1.01. The number of pyridine rings is 1. The minimum absolute atomic E-state index is 0.0727. The third kappa shape index (κ3) is 4.15. The summed E-state index contributed by atoms with van der Waals surface area (Å²) in [6, 6.07) is 5.44. The first-order valence-corrected chi connectivity index (χ1v) is 8.92. The van der Waals surface area contributed by atoms with Gasteiger partial charge in [-0.3, -0.25) is 14.6 Å². The molecule has 1 aromatic heterocycles. The van der Waals surface area contributed by atoms with E-state index in [-0.39, 0.29) is 17.9 Å². The van der Waals surface area contributed by atoms with Crippen molar-refractivity contribution >= 4 is 23.6 Å².